The number of benzene rings is 1. The first-order chi connectivity index (χ1) is 15.0. The Morgan fingerprint density at radius 1 is 1.29 bits per heavy atom. The van der Waals surface area contributed by atoms with Gasteiger partial charge in [0.1, 0.15) is 16.9 Å². The van der Waals surface area contributed by atoms with Crippen LogP contribution in [0.15, 0.2) is 47.8 Å². The fourth-order valence-electron chi connectivity index (χ4n) is 3.99. The van der Waals surface area contributed by atoms with Crippen LogP contribution in [0.3, 0.4) is 0 Å². The number of nitrogens with one attached hydrogen (secondary N) is 1. The maximum absolute atomic E-state index is 13.8. The lowest BCUT2D eigenvalue weighted by Gasteiger charge is -2.43. The molecule has 31 heavy (non-hydrogen) atoms. The highest BCUT2D eigenvalue weighted by Crippen LogP contribution is 2.36. The van der Waals surface area contributed by atoms with Crippen molar-refractivity contribution in [1.29, 1.82) is 0 Å². The molecule has 1 unspecified atom stereocenters. The molecule has 0 saturated carbocycles. The van der Waals surface area contributed by atoms with Crippen LogP contribution in [0.2, 0.25) is 0 Å². The van der Waals surface area contributed by atoms with Crippen LogP contribution < -0.4 is 10.2 Å². The summed E-state index contributed by atoms with van der Waals surface area (Å²) in [5.74, 6) is -0.463. The lowest BCUT2D eigenvalue weighted by atomic mass is 9.92. The van der Waals surface area contributed by atoms with Gasteiger partial charge in [0, 0.05) is 19.3 Å². The molecule has 0 aliphatic carbocycles. The van der Waals surface area contributed by atoms with Crippen LogP contribution in [0.4, 0.5) is 5.69 Å². The van der Waals surface area contributed by atoms with Crippen molar-refractivity contribution in [3.8, 4) is 10.6 Å². The molecule has 1 aliphatic rings. The van der Waals surface area contributed by atoms with Gasteiger partial charge in [0.2, 0.25) is 5.91 Å². The number of thiophene rings is 1. The maximum Gasteiger partial charge on any atom is 0.277 e. The number of aryl methyl sites for hydroxylation is 1. The molecule has 1 N–H and O–H groups in total. The van der Waals surface area contributed by atoms with Gasteiger partial charge in [-0.3, -0.25) is 19.2 Å². The van der Waals surface area contributed by atoms with E-state index in [2.05, 4.69) is 10.4 Å². The van der Waals surface area contributed by atoms with Crippen molar-refractivity contribution >= 4 is 28.8 Å². The van der Waals surface area contributed by atoms with E-state index in [0.29, 0.717) is 18.8 Å². The number of amides is 2. The number of anilines is 1. The lowest BCUT2D eigenvalue weighted by molar-refractivity contribution is -0.126. The van der Waals surface area contributed by atoms with Crippen LogP contribution in [0, 0.1) is 0 Å². The first-order valence-corrected chi connectivity index (χ1v) is 11.2. The van der Waals surface area contributed by atoms with E-state index in [-0.39, 0.29) is 18.4 Å². The van der Waals surface area contributed by atoms with Gasteiger partial charge < -0.3 is 10.1 Å². The third-order valence-electron chi connectivity index (χ3n) is 5.62. The van der Waals surface area contributed by atoms with E-state index in [0.717, 1.165) is 28.2 Å². The fraction of sp³-hybridized carbons (Fsp3) is 0.348. The molecule has 4 rings (SSSR count). The topological polar surface area (TPSA) is 76.5 Å². The minimum atomic E-state index is -1.14. The Hall–Kier alpha value is -2.97. The van der Waals surface area contributed by atoms with Crippen molar-refractivity contribution in [2.24, 2.45) is 0 Å². The molecule has 0 saturated heterocycles. The number of rotatable bonds is 7. The quantitative estimate of drug-likeness (QED) is 0.574. The van der Waals surface area contributed by atoms with Gasteiger partial charge in [0.25, 0.3) is 5.91 Å². The first-order valence-electron chi connectivity index (χ1n) is 10.3. The molecular formula is C23H26N4O3S. The van der Waals surface area contributed by atoms with Gasteiger partial charge in [-0.05, 0) is 42.5 Å². The molecule has 3 heterocycles. The molecule has 0 bridgehead atoms. The van der Waals surface area contributed by atoms with Gasteiger partial charge in [-0.2, -0.15) is 5.10 Å². The number of para-hydroxylation sites is 1. The molecule has 3 aromatic rings. The Morgan fingerprint density at radius 3 is 2.81 bits per heavy atom. The monoisotopic (exact) mass is 438 g/mol. The molecule has 2 aromatic heterocycles. The molecule has 8 heteroatoms. The zero-order valence-corrected chi connectivity index (χ0v) is 18.7. The molecule has 7 nitrogen and oxygen atoms in total. The number of carbonyl (C=O) groups excluding carboxylic acids is 2. The normalized spacial score (nSPS) is 18.2. The molecule has 1 aliphatic heterocycles. The van der Waals surface area contributed by atoms with Gasteiger partial charge in [-0.25, -0.2) is 0 Å². The van der Waals surface area contributed by atoms with Crippen molar-refractivity contribution in [2.45, 2.75) is 32.4 Å². The van der Waals surface area contributed by atoms with E-state index >= 15 is 0 Å². The second-order valence-electron chi connectivity index (χ2n) is 7.70. The van der Waals surface area contributed by atoms with E-state index in [1.54, 1.807) is 35.0 Å². The number of ether oxygens (including phenoxy) is 1. The summed E-state index contributed by atoms with van der Waals surface area (Å²) in [6.45, 7) is 4.87. The highest BCUT2D eigenvalue weighted by molar-refractivity contribution is 7.13. The third-order valence-corrected chi connectivity index (χ3v) is 6.51. The average Bonchev–Trinajstić information content (AvgIpc) is 3.44. The van der Waals surface area contributed by atoms with E-state index in [1.165, 1.54) is 0 Å². The summed E-state index contributed by atoms with van der Waals surface area (Å²) in [5.41, 5.74) is 1.85. The van der Waals surface area contributed by atoms with Crippen molar-refractivity contribution in [1.82, 2.24) is 15.1 Å². The van der Waals surface area contributed by atoms with Crippen molar-refractivity contribution in [2.75, 3.05) is 25.2 Å². The van der Waals surface area contributed by atoms with Crippen LogP contribution in [-0.4, -0.2) is 47.4 Å². The number of fused-ring (bicyclic) bond motifs is 1. The van der Waals surface area contributed by atoms with E-state index < -0.39 is 5.54 Å². The molecule has 0 fully saturated rings. The summed E-state index contributed by atoms with van der Waals surface area (Å²) in [5, 5.41) is 9.56. The summed E-state index contributed by atoms with van der Waals surface area (Å²) in [4.78, 5) is 29.8. The van der Waals surface area contributed by atoms with Crippen molar-refractivity contribution in [3.63, 3.8) is 0 Å². The Labute approximate surface area is 185 Å². The first kappa shape index (κ1) is 21.3. The van der Waals surface area contributed by atoms with E-state index in [9.17, 15) is 9.59 Å². The van der Waals surface area contributed by atoms with Crippen LogP contribution in [0.25, 0.3) is 10.6 Å². The number of methoxy groups -OCH3 is 1. The van der Waals surface area contributed by atoms with Gasteiger partial charge in [-0.1, -0.05) is 31.2 Å². The van der Waals surface area contributed by atoms with Crippen LogP contribution in [-0.2, 0) is 22.5 Å². The summed E-state index contributed by atoms with van der Waals surface area (Å²) in [6, 6.07) is 13.5. The molecule has 0 spiro atoms. The standard InChI is InChI=1S/C23H26N4O3S/c1-4-16-8-5-6-9-18(16)27-21(28)19-14-17(20-10-7-13-31-20)25-26(19)15-23(27,2)22(29)24-11-12-30-3/h5-10,13-14H,4,11-12,15H2,1-3H3,(H,24,29). The predicted octanol–water partition coefficient (Wildman–Crippen LogP) is 3.36. The Kier molecular flexibility index (Phi) is 5.93. The number of carbonyl (C=O) groups is 2. The van der Waals surface area contributed by atoms with E-state index in [4.69, 9.17) is 4.74 Å². The summed E-state index contributed by atoms with van der Waals surface area (Å²) in [6.07, 6.45) is 0.751. The fourth-order valence-corrected chi connectivity index (χ4v) is 4.67. The highest BCUT2D eigenvalue weighted by Gasteiger charge is 2.49. The number of hydrogen-bond acceptors (Lipinski definition) is 5. The zero-order chi connectivity index (χ0) is 22.0. The molecule has 162 valence electrons. The highest BCUT2D eigenvalue weighted by atomic mass is 32.1. The molecule has 0 radical (unpaired) electrons. The van der Waals surface area contributed by atoms with Gasteiger partial charge in [-0.15, -0.1) is 11.3 Å². The Morgan fingerprint density at radius 2 is 2.10 bits per heavy atom. The largest absolute Gasteiger partial charge is 0.383 e. The molecule has 2 amide bonds. The minimum Gasteiger partial charge on any atom is -0.383 e. The lowest BCUT2D eigenvalue weighted by Crippen LogP contribution is -2.65. The van der Waals surface area contributed by atoms with Crippen molar-refractivity contribution in [3.05, 3.63) is 59.1 Å². The maximum atomic E-state index is 13.8. The van der Waals surface area contributed by atoms with Crippen LogP contribution in [0.1, 0.15) is 29.9 Å². The second-order valence-corrected chi connectivity index (χ2v) is 8.64. The van der Waals surface area contributed by atoms with Gasteiger partial charge >= 0.3 is 0 Å². The van der Waals surface area contributed by atoms with Gasteiger partial charge in [0.15, 0.2) is 0 Å². The molecule has 1 atom stereocenters. The average molecular weight is 439 g/mol. The van der Waals surface area contributed by atoms with E-state index in [1.807, 2.05) is 54.8 Å². The minimum absolute atomic E-state index is 0.230. The number of aromatic nitrogens is 2. The summed E-state index contributed by atoms with van der Waals surface area (Å²) >= 11 is 1.57. The van der Waals surface area contributed by atoms with Crippen LogP contribution in [0.5, 0.6) is 0 Å². The van der Waals surface area contributed by atoms with Crippen molar-refractivity contribution < 1.29 is 14.3 Å². The van der Waals surface area contributed by atoms with Gasteiger partial charge in [0.05, 0.1) is 18.0 Å². The third kappa shape index (κ3) is 3.77. The molecular weight excluding hydrogens is 412 g/mol. The zero-order valence-electron chi connectivity index (χ0n) is 17.9. The molecule has 1 aromatic carbocycles. The Balaban J connectivity index is 1.81. The SMILES string of the molecule is CCc1ccccc1N1C(=O)c2cc(-c3cccs3)nn2CC1(C)C(=O)NCCOC. The Bertz CT molecular complexity index is 1090. The smallest absolute Gasteiger partial charge is 0.277 e. The van der Waals surface area contributed by atoms with Crippen LogP contribution >= 0.6 is 11.3 Å². The summed E-state index contributed by atoms with van der Waals surface area (Å²) in [7, 11) is 1.59. The second kappa shape index (κ2) is 8.64. The predicted molar refractivity (Wildman–Crippen MR) is 121 cm³/mol. The summed E-state index contributed by atoms with van der Waals surface area (Å²) < 4.78 is 6.74. The number of hydrogen-bond donors (Lipinski definition) is 1. The number of nitrogens with zero attached hydrogens (tertiary/aromatic N) is 3.